The molecule has 0 bridgehead atoms. The van der Waals surface area contributed by atoms with Gasteiger partial charge in [-0.1, -0.05) is 6.92 Å². The van der Waals surface area contributed by atoms with Crippen LogP contribution in [0.3, 0.4) is 0 Å². The maximum absolute atomic E-state index is 11.8. The van der Waals surface area contributed by atoms with E-state index in [2.05, 4.69) is 39.6 Å². The molecule has 3 heterocycles. The molecule has 0 aromatic carbocycles. The Hall–Kier alpha value is -1.62. The van der Waals surface area contributed by atoms with Gasteiger partial charge in [0.15, 0.2) is 0 Å². The van der Waals surface area contributed by atoms with Gasteiger partial charge in [-0.25, -0.2) is 4.98 Å². The number of hydrogen-bond acceptors (Lipinski definition) is 4. The summed E-state index contributed by atoms with van der Waals surface area (Å²) in [4.78, 5) is 18.6. The summed E-state index contributed by atoms with van der Waals surface area (Å²) in [5.41, 5.74) is 1.27. The van der Waals surface area contributed by atoms with E-state index in [4.69, 9.17) is 0 Å². The average Bonchev–Trinajstić information content (AvgIpc) is 2.88. The number of amides is 1. The van der Waals surface area contributed by atoms with Crippen molar-refractivity contribution < 1.29 is 4.79 Å². The zero-order valence-corrected chi connectivity index (χ0v) is 12.6. The van der Waals surface area contributed by atoms with Gasteiger partial charge in [0.2, 0.25) is 5.91 Å². The third-order valence-electron chi connectivity index (χ3n) is 4.48. The van der Waals surface area contributed by atoms with Crippen LogP contribution >= 0.6 is 0 Å². The Morgan fingerprint density at radius 3 is 3.29 bits per heavy atom. The van der Waals surface area contributed by atoms with Crippen molar-refractivity contribution in [2.45, 2.75) is 38.8 Å². The highest BCUT2D eigenvalue weighted by atomic mass is 16.2. The minimum Gasteiger partial charge on any atom is -0.370 e. The first-order chi connectivity index (χ1) is 10.3. The zero-order chi connectivity index (χ0) is 14.7. The van der Waals surface area contributed by atoms with Crippen LogP contribution < -0.4 is 10.6 Å². The van der Waals surface area contributed by atoms with Crippen LogP contribution in [0.4, 0.5) is 5.82 Å². The molecule has 2 aliphatic rings. The van der Waals surface area contributed by atoms with Gasteiger partial charge in [0, 0.05) is 31.9 Å². The number of hydrogen-bond donors (Lipinski definition) is 2. The summed E-state index contributed by atoms with van der Waals surface area (Å²) in [7, 11) is 0. The Morgan fingerprint density at radius 2 is 2.43 bits per heavy atom. The van der Waals surface area contributed by atoms with E-state index in [-0.39, 0.29) is 11.8 Å². The monoisotopic (exact) mass is 288 g/mol. The predicted molar refractivity (Wildman–Crippen MR) is 82.9 cm³/mol. The van der Waals surface area contributed by atoms with Crippen molar-refractivity contribution in [3.8, 4) is 0 Å². The number of aromatic nitrogens is 1. The van der Waals surface area contributed by atoms with Crippen LogP contribution in [0.5, 0.6) is 0 Å². The first kappa shape index (κ1) is 14.3. The predicted octanol–water partition coefficient (Wildman–Crippen LogP) is 1.61. The second-order valence-electron chi connectivity index (χ2n) is 6.01. The van der Waals surface area contributed by atoms with Gasteiger partial charge in [-0.3, -0.25) is 9.69 Å². The maximum Gasteiger partial charge on any atom is 0.224 e. The first-order valence-corrected chi connectivity index (χ1v) is 7.98. The van der Waals surface area contributed by atoms with Crippen LogP contribution in [0.25, 0.3) is 0 Å². The highest BCUT2D eigenvalue weighted by molar-refractivity contribution is 5.82. The first-order valence-electron chi connectivity index (χ1n) is 7.98. The fraction of sp³-hybridized carbons (Fsp3) is 0.625. The molecule has 1 amide bonds. The molecule has 2 saturated heterocycles. The van der Waals surface area contributed by atoms with Gasteiger partial charge in [0.1, 0.15) is 5.82 Å². The smallest absolute Gasteiger partial charge is 0.224 e. The van der Waals surface area contributed by atoms with Crippen LogP contribution in [0.1, 0.15) is 31.7 Å². The quantitative estimate of drug-likeness (QED) is 0.864. The maximum atomic E-state index is 11.8. The van der Waals surface area contributed by atoms with Crippen LogP contribution in [-0.2, 0) is 11.3 Å². The van der Waals surface area contributed by atoms with Crippen molar-refractivity contribution in [1.29, 1.82) is 0 Å². The molecular formula is C16H24N4O. The van der Waals surface area contributed by atoms with Crippen LogP contribution in [0, 0.1) is 5.92 Å². The van der Waals surface area contributed by atoms with E-state index in [9.17, 15) is 4.79 Å². The van der Waals surface area contributed by atoms with E-state index in [0.29, 0.717) is 6.04 Å². The molecule has 0 aliphatic carbocycles. The van der Waals surface area contributed by atoms with Crippen molar-refractivity contribution in [2.75, 3.05) is 25.0 Å². The third-order valence-corrected chi connectivity index (χ3v) is 4.48. The van der Waals surface area contributed by atoms with Gasteiger partial charge >= 0.3 is 0 Å². The number of carbonyl (C=O) groups is 1. The lowest BCUT2D eigenvalue weighted by atomic mass is 9.91. The number of rotatable bonds is 5. The van der Waals surface area contributed by atoms with Crippen molar-refractivity contribution >= 4 is 11.7 Å². The number of fused-ring (bicyclic) bond motifs is 1. The molecule has 1 aromatic rings. The highest BCUT2D eigenvalue weighted by Crippen LogP contribution is 2.28. The molecular weight excluding hydrogens is 264 g/mol. The normalized spacial score (nSPS) is 25.5. The minimum atomic E-state index is 0.193. The van der Waals surface area contributed by atoms with E-state index < -0.39 is 0 Å². The summed E-state index contributed by atoms with van der Waals surface area (Å²) >= 11 is 0. The van der Waals surface area contributed by atoms with Gasteiger partial charge in [-0.15, -0.1) is 0 Å². The SMILES string of the molecule is CCCNc1cc(CN2CCCC3C(=O)NCC32)ccn1. The van der Waals surface area contributed by atoms with Gasteiger partial charge in [0.25, 0.3) is 0 Å². The molecule has 114 valence electrons. The van der Waals surface area contributed by atoms with Crippen molar-refractivity contribution in [3.05, 3.63) is 23.9 Å². The molecule has 1 aromatic heterocycles. The van der Waals surface area contributed by atoms with E-state index in [1.165, 1.54) is 5.56 Å². The number of nitrogens with one attached hydrogen (secondary N) is 2. The van der Waals surface area contributed by atoms with E-state index >= 15 is 0 Å². The summed E-state index contributed by atoms with van der Waals surface area (Å²) in [6.45, 7) is 5.88. The van der Waals surface area contributed by atoms with E-state index in [1.807, 2.05) is 6.20 Å². The lowest BCUT2D eigenvalue weighted by Crippen LogP contribution is -2.44. The summed E-state index contributed by atoms with van der Waals surface area (Å²) in [6, 6.07) is 4.57. The summed E-state index contributed by atoms with van der Waals surface area (Å²) in [6.07, 6.45) is 5.11. The Bertz CT molecular complexity index is 505. The second kappa shape index (κ2) is 6.43. The standard InChI is InChI=1S/C16H24N4O/c1-2-6-17-15-9-12(5-7-18-15)11-20-8-3-4-13-14(20)10-19-16(13)21/h5,7,9,13-14H,2-4,6,8,10-11H2,1H3,(H,17,18)(H,19,21). The van der Waals surface area contributed by atoms with Crippen LogP contribution in [0.2, 0.25) is 0 Å². The minimum absolute atomic E-state index is 0.193. The molecule has 0 radical (unpaired) electrons. The number of anilines is 1. The van der Waals surface area contributed by atoms with Crippen molar-refractivity contribution in [3.63, 3.8) is 0 Å². The molecule has 3 rings (SSSR count). The van der Waals surface area contributed by atoms with Gasteiger partial charge in [0.05, 0.1) is 5.92 Å². The lowest BCUT2D eigenvalue weighted by Gasteiger charge is -2.35. The molecule has 0 spiro atoms. The van der Waals surface area contributed by atoms with E-state index in [1.54, 1.807) is 0 Å². The molecule has 2 unspecified atom stereocenters. The molecule has 2 atom stereocenters. The topological polar surface area (TPSA) is 57.3 Å². The summed E-state index contributed by atoms with van der Waals surface area (Å²) in [5.74, 6) is 1.38. The number of likely N-dealkylation sites (tertiary alicyclic amines) is 1. The molecule has 5 nitrogen and oxygen atoms in total. The largest absolute Gasteiger partial charge is 0.370 e. The fourth-order valence-corrected chi connectivity index (χ4v) is 3.39. The van der Waals surface area contributed by atoms with E-state index in [0.717, 1.165) is 51.3 Å². The lowest BCUT2D eigenvalue weighted by molar-refractivity contribution is -0.124. The third kappa shape index (κ3) is 3.18. The number of carbonyl (C=O) groups excluding carboxylic acids is 1. The number of piperidine rings is 1. The van der Waals surface area contributed by atoms with Crippen molar-refractivity contribution in [1.82, 2.24) is 15.2 Å². The van der Waals surface area contributed by atoms with Gasteiger partial charge in [-0.2, -0.15) is 0 Å². The zero-order valence-electron chi connectivity index (χ0n) is 12.6. The average molecular weight is 288 g/mol. The Balaban J connectivity index is 1.67. The molecule has 21 heavy (non-hydrogen) atoms. The Kier molecular flexibility index (Phi) is 4.39. The summed E-state index contributed by atoms with van der Waals surface area (Å²) < 4.78 is 0. The Labute approximate surface area is 126 Å². The van der Waals surface area contributed by atoms with Gasteiger partial charge in [-0.05, 0) is 43.5 Å². The number of pyridine rings is 1. The number of nitrogens with zero attached hydrogens (tertiary/aromatic N) is 2. The van der Waals surface area contributed by atoms with Crippen LogP contribution in [0.15, 0.2) is 18.3 Å². The molecule has 2 aliphatic heterocycles. The molecule has 2 N–H and O–H groups in total. The van der Waals surface area contributed by atoms with Crippen LogP contribution in [-0.4, -0.2) is 41.5 Å². The van der Waals surface area contributed by atoms with Gasteiger partial charge < -0.3 is 10.6 Å². The van der Waals surface area contributed by atoms with Crippen molar-refractivity contribution in [2.24, 2.45) is 5.92 Å². The highest BCUT2D eigenvalue weighted by Gasteiger charge is 2.40. The molecule has 5 heteroatoms. The molecule has 0 saturated carbocycles. The Morgan fingerprint density at radius 1 is 1.52 bits per heavy atom. The second-order valence-corrected chi connectivity index (χ2v) is 6.01. The summed E-state index contributed by atoms with van der Waals surface area (Å²) in [5, 5.41) is 6.34. The fourth-order valence-electron chi connectivity index (χ4n) is 3.39. The molecule has 2 fully saturated rings.